The predicted octanol–water partition coefficient (Wildman–Crippen LogP) is 3.73. The highest BCUT2D eigenvalue weighted by atomic mass is 35.5. The largest absolute Gasteiger partial charge is 0.489 e. The molecule has 0 amide bonds. The Morgan fingerprint density at radius 1 is 1.06 bits per heavy atom. The lowest BCUT2D eigenvalue weighted by Crippen LogP contribution is -1.95. The Morgan fingerprint density at radius 2 is 1.72 bits per heavy atom. The summed E-state index contributed by atoms with van der Waals surface area (Å²) >= 11 is 5.80. The van der Waals surface area contributed by atoms with Crippen molar-refractivity contribution in [1.82, 2.24) is 0 Å². The maximum absolute atomic E-state index is 8.39. The van der Waals surface area contributed by atoms with E-state index in [9.17, 15) is 0 Å². The number of ether oxygens (including phenoxy) is 1. The van der Waals surface area contributed by atoms with Gasteiger partial charge in [-0.2, -0.15) is 0 Å². The van der Waals surface area contributed by atoms with Gasteiger partial charge in [0.1, 0.15) is 12.4 Å². The van der Waals surface area contributed by atoms with Crippen molar-refractivity contribution < 1.29 is 9.94 Å². The van der Waals surface area contributed by atoms with E-state index in [0.29, 0.717) is 11.6 Å². The molecule has 0 bridgehead atoms. The second kappa shape index (κ2) is 6.07. The minimum Gasteiger partial charge on any atom is -0.489 e. The summed E-state index contributed by atoms with van der Waals surface area (Å²) in [6, 6.07) is 14.8. The van der Waals surface area contributed by atoms with Crippen molar-refractivity contribution in [3.63, 3.8) is 0 Å². The number of rotatable bonds is 4. The third-order valence-electron chi connectivity index (χ3n) is 2.41. The number of halogens is 1. The van der Waals surface area contributed by atoms with E-state index in [4.69, 9.17) is 21.5 Å². The van der Waals surface area contributed by atoms with Crippen LogP contribution in [0.3, 0.4) is 0 Å². The summed E-state index contributed by atoms with van der Waals surface area (Å²) in [5.41, 5.74) is 1.87. The molecule has 1 N–H and O–H groups in total. The van der Waals surface area contributed by atoms with Gasteiger partial charge in [-0.15, -0.1) is 0 Å². The van der Waals surface area contributed by atoms with E-state index in [1.165, 1.54) is 6.21 Å². The van der Waals surface area contributed by atoms with Gasteiger partial charge in [-0.3, -0.25) is 0 Å². The number of oxime groups is 1. The van der Waals surface area contributed by atoms with Crippen molar-refractivity contribution in [3.05, 3.63) is 64.7 Å². The van der Waals surface area contributed by atoms with Crippen LogP contribution in [-0.2, 0) is 6.61 Å². The summed E-state index contributed by atoms with van der Waals surface area (Å²) in [5, 5.41) is 12.1. The molecule has 2 rings (SSSR count). The van der Waals surface area contributed by atoms with Crippen molar-refractivity contribution in [2.24, 2.45) is 5.16 Å². The molecule has 0 saturated carbocycles. The first kappa shape index (κ1) is 12.5. The summed E-state index contributed by atoms with van der Waals surface area (Å²) in [6.07, 6.45) is 1.36. The van der Waals surface area contributed by atoms with Crippen LogP contribution in [0.2, 0.25) is 5.02 Å². The van der Waals surface area contributed by atoms with E-state index in [1.54, 1.807) is 0 Å². The lowest BCUT2D eigenvalue weighted by molar-refractivity contribution is 0.306. The molecular formula is C14H12ClNO2. The molecule has 0 aliphatic heterocycles. The zero-order valence-corrected chi connectivity index (χ0v) is 10.3. The lowest BCUT2D eigenvalue weighted by atomic mass is 10.2. The fraction of sp³-hybridized carbons (Fsp3) is 0.0714. The fourth-order valence-electron chi connectivity index (χ4n) is 1.46. The molecule has 0 heterocycles. The molecule has 0 aliphatic rings. The van der Waals surface area contributed by atoms with Gasteiger partial charge < -0.3 is 9.94 Å². The molecule has 0 atom stereocenters. The Labute approximate surface area is 110 Å². The molecule has 2 aromatic rings. The summed E-state index contributed by atoms with van der Waals surface area (Å²) < 4.78 is 5.61. The quantitative estimate of drug-likeness (QED) is 0.518. The molecule has 4 heteroatoms. The molecule has 3 nitrogen and oxygen atoms in total. The van der Waals surface area contributed by atoms with Crippen LogP contribution in [0.4, 0.5) is 0 Å². The molecule has 2 aromatic carbocycles. The van der Waals surface area contributed by atoms with Crippen LogP contribution in [-0.4, -0.2) is 11.4 Å². The maximum atomic E-state index is 8.39. The normalized spacial score (nSPS) is 10.7. The smallest absolute Gasteiger partial charge is 0.119 e. The third kappa shape index (κ3) is 3.50. The van der Waals surface area contributed by atoms with Crippen LogP contribution in [0.5, 0.6) is 5.75 Å². The average molecular weight is 262 g/mol. The number of hydrogen-bond acceptors (Lipinski definition) is 3. The van der Waals surface area contributed by atoms with E-state index in [2.05, 4.69) is 5.16 Å². The predicted molar refractivity (Wildman–Crippen MR) is 71.6 cm³/mol. The Balaban J connectivity index is 1.95. The molecule has 0 aromatic heterocycles. The monoisotopic (exact) mass is 261 g/mol. The Kier molecular flexibility index (Phi) is 4.20. The molecule has 92 valence electrons. The van der Waals surface area contributed by atoms with E-state index >= 15 is 0 Å². The van der Waals surface area contributed by atoms with Crippen molar-refractivity contribution >= 4 is 17.8 Å². The minimum absolute atomic E-state index is 0.491. The molecule has 0 saturated heterocycles. The first-order valence-corrected chi connectivity index (χ1v) is 5.80. The Bertz CT molecular complexity index is 520. The van der Waals surface area contributed by atoms with Gasteiger partial charge >= 0.3 is 0 Å². The SMILES string of the molecule is O/N=C/c1ccc(OCc2ccc(Cl)cc2)cc1. The second-order valence-electron chi connectivity index (χ2n) is 3.73. The van der Waals surface area contributed by atoms with Gasteiger partial charge in [0.15, 0.2) is 0 Å². The first-order valence-electron chi connectivity index (χ1n) is 5.42. The van der Waals surface area contributed by atoms with Gasteiger partial charge in [0.05, 0.1) is 6.21 Å². The van der Waals surface area contributed by atoms with Crippen molar-refractivity contribution in [1.29, 1.82) is 0 Å². The van der Waals surface area contributed by atoms with Gasteiger partial charge in [0.2, 0.25) is 0 Å². The van der Waals surface area contributed by atoms with Crippen LogP contribution < -0.4 is 4.74 Å². The van der Waals surface area contributed by atoms with Crippen LogP contribution in [0.25, 0.3) is 0 Å². The van der Waals surface area contributed by atoms with Crippen LogP contribution >= 0.6 is 11.6 Å². The van der Waals surface area contributed by atoms with Gasteiger partial charge in [0.25, 0.3) is 0 Å². The number of hydrogen-bond donors (Lipinski definition) is 1. The zero-order valence-electron chi connectivity index (χ0n) is 9.58. The summed E-state index contributed by atoms with van der Waals surface area (Å²) in [4.78, 5) is 0. The fourth-order valence-corrected chi connectivity index (χ4v) is 1.59. The molecule has 0 radical (unpaired) electrons. The average Bonchev–Trinajstić information content (AvgIpc) is 2.40. The molecule has 18 heavy (non-hydrogen) atoms. The molecule has 0 fully saturated rings. The molecular weight excluding hydrogens is 250 g/mol. The third-order valence-corrected chi connectivity index (χ3v) is 2.66. The lowest BCUT2D eigenvalue weighted by Gasteiger charge is -2.06. The maximum Gasteiger partial charge on any atom is 0.119 e. The Morgan fingerprint density at radius 3 is 2.33 bits per heavy atom. The van der Waals surface area contributed by atoms with Crippen LogP contribution in [0.15, 0.2) is 53.7 Å². The second-order valence-corrected chi connectivity index (χ2v) is 4.17. The number of nitrogens with zero attached hydrogens (tertiary/aromatic N) is 1. The van der Waals surface area contributed by atoms with Crippen molar-refractivity contribution in [3.8, 4) is 5.75 Å². The minimum atomic E-state index is 0.491. The molecule has 0 aliphatic carbocycles. The standard InChI is InChI=1S/C14H12ClNO2/c15-13-5-1-12(2-6-13)10-18-14-7-3-11(4-8-14)9-16-17/h1-9,17H,10H2/b16-9+. The zero-order chi connectivity index (χ0) is 12.8. The molecule has 0 unspecified atom stereocenters. The van der Waals surface area contributed by atoms with Gasteiger partial charge in [-0.25, -0.2) is 0 Å². The topological polar surface area (TPSA) is 41.8 Å². The summed E-state index contributed by atoms with van der Waals surface area (Å²) in [5.74, 6) is 0.764. The first-order chi connectivity index (χ1) is 8.78. The Hall–Kier alpha value is -2.00. The number of benzene rings is 2. The summed E-state index contributed by atoms with van der Waals surface area (Å²) in [7, 11) is 0. The van der Waals surface area contributed by atoms with E-state index < -0.39 is 0 Å². The molecule has 0 spiro atoms. The highest BCUT2D eigenvalue weighted by Gasteiger charge is 1.96. The van der Waals surface area contributed by atoms with Gasteiger partial charge in [-0.05, 0) is 47.5 Å². The van der Waals surface area contributed by atoms with Crippen molar-refractivity contribution in [2.75, 3.05) is 0 Å². The summed E-state index contributed by atoms with van der Waals surface area (Å²) in [6.45, 7) is 0.491. The highest BCUT2D eigenvalue weighted by Crippen LogP contribution is 2.15. The van der Waals surface area contributed by atoms with Crippen molar-refractivity contribution in [2.45, 2.75) is 6.61 Å². The van der Waals surface area contributed by atoms with Crippen LogP contribution in [0.1, 0.15) is 11.1 Å². The van der Waals surface area contributed by atoms with Crippen LogP contribution in [0, 0.1) is 0 Å². The van der Waals surface area contributed by atoms with E-state index in [0.717, 1.165) is 16.9 Å². The van der Waals surface area contributed by atoms with Gasteiger partial charge in [-0.1, -0.05) is 28.9 Å². The van der Waals surface area contributed by atoms with E-state index in [-0.39, 0.29) is 0 Å². The highest BCUT2D eigenvalue weighted by molar-refractivity contribution is 6.30. The van der Waals surface area contributed by atoms with Gasteiger partial charge in [0, 0.05) is 5.02 Å². The van der Waals surface area contributed by atoms with E-state index in [1.807, 2.05) is 48.5 Å².